The lowest BCUT2D eigenvalue weighted by molar-refractivity contribution is 0.1000. The molecule has 0 aliphatic carbocycles. The Bertz CT molecular complexity index is 654. The molecule has 0 unspecified atom stereocenters. The van der Waals surface area contributed by atoms with Gasteiger partial charge in [0.05, 0.1) is 11.0 Å². The minimum atomic E-state index is -3.54. The highest BCUT2D eigenvalue weighted by molar-refractivity contribution is 7.89. The summed E-state index contributed by atoms with van der Waals surface area (Å²) in [6, 6.07) is 7.76. The van der Waals surface area contributed by atoms with E-state index in [0.29, 0.717) is 32.4 Å². The minimum absolute atomic E-state index is 0.159. The summed E-state index contributed by atoms with van der Waals surface area (Å²) in [5, 5.41) is 8.67. The number of rotatable bonds is 4. The molecular weight excluding hydrogens is 290 g/mol. The van der Waals surface area contributed by atoms with Crippen molar-refractivity contribution in [3.05, 3.63) is 29.8 Å². The van der Waals surface area contributed by atoms with E-state index in [-0.39, 0.29) is 16.4 Å². The van der Waals surface area contributed by atoms with Crippen molar-refractivity contribution in [2.45, 2.75) is 24.2 Å². The number of carbonyl (C=O) groups excluding carboxylic acids is 1. The summed E-state index contributed by atoms with van der Waals surface area (Å²) in [4.78, 5) is 11.2. The number of piperidine rings is 1. The predicted molar refractivity (Wildman–Crippen MR) is 76.7 cm³/mol. The number of carbonyl (C=O) groups is 1. The van der Waals surface area contributed by atoms with Gasteiger partial charge in [-0.25, -0.2) is 8.42 Å². The number of hydrogen-bond donors (Lipinski definition) is 1. The molecule has 1 aliphatic rings. The summed E-state index contributed by atoms with van der Waals surface area (Å²) in [5.74, 6) is -0.310. The number of benzene rings is 1. The van der Waals surface area contributed by atoms with Crippen molar-refractivity contribution >= 4 is 15.9 Å². The van der Waals surface area contributed by atoms with Crippen LogP contribution in [-0.4, -0.2) is 31.7 Å². The van der Waals surface area contributed by atoms with Crippen LogP contribution in [0.1, 0.15) is 29.6 Å². The van der Waals surface area contributed by atoms with Gasteiger partial charge in [-0.2, -0.15) is 9.57 Å². The fraction of sp³-hybridized carbons (Fsp3) is 0.429. The van der Waals surface area contributed by atoms with Crippen molar-refractivity contribution in [1.29, 1.82) is 5.26 Å². The van der Waals surface area contributed by atoms with Crippen LogP contribution in [0.25, 0.3) is 0 Å². The van der Waals surface area contributed by atoms with Gasteiger partial charge in [0.2, 0.25) is 15.9 Å². The van der Waals surface area contributed by atoms with Gasteiger partial charge in [-0.1, -0.05) is 0 Å². The van der Waals surface area contributed by atoms with Crippen LogP contribution in [0.3, 0.4) is 0 Å². The van der Waals surface area contributed by atoms with Crippen LogP contribution in [0.5, 0.6) is 0 Å². The van der Waals surface area contributed by atoms with Crippen LogP contribution < -0.4 is 5.73 Å². The first kappa shape index (κ1) is 15.5. The molecule has 2 rings (SSSR count). The molecule has 6 nitrogen and oxygen atoms in total. The van der Waals surface area contributed by atoms with Gasteiger partial charge in [0.15, 0.2) is 0 Å². The van der Waals surface area contributed by atoms with Crippen molar-refractivity contribution in [2.24, 2.45) is 11.7 Å². The van der Waals surface area contributed by atoms with Gasteiger partial charge in [-0.05, 0) is 43.0 Å². The standard InChI is InChI=1S/C14H17N3O3S/c15-8-5-11-6-9-17(10-7-11)21(19,20)13-3-1-12(2-4-13)14(16)18/h1-4,11H,5-7,9-10H2,(H2,16,18). The van der Waals surface area contributed by atoms with E-state index < -0.39 is 15.9 Å². The summed E-state index contributed by atoms with van der Waals surface area (Å²) in [6.07, 6.45) is 1.87. The molecule has 21 heavy (non-hydrogen) atoms. The Morgan fingerprint density at radius 2 is 1.86 bits per heavy atom. The van der Waals surface area contributed by atoms with Gasteiger partial charge < -0.3 is 5.73 Å². The highest BCUT2D eigenvalue weighted by Crippen LogP contribution is 2.25. The number of primary amides is 1. The van der Waals surface area contributed by atoms with E-state index in [1.807, 2.05) is 0 Å². The first-order chi connectivity index (χ1) is 9.95. The topological polar surface area (TPSA) is 104 Å². The second-order valence-corrected chi connectivity index (χ2v) is 7.04. The molecule has 1 heterocycles. The Labute approximate surface area is 124 Å². The summed E-state index contributed by atoms with van der Waals surface area (Å²) in [5.41, 5.74) is 5.41. The molecule has 1 amide bonds. The Balaban J connectivity index is 2.12. The van der Waals surface area contributed by atoms with Gasteiger partial charge >= 0.3 is 0 Å². The number of sulfonamides is 1. The molecule has 7 heteroatoms. The van der Waals surface area contributed by atoms with E-state index in [9.17, 15) is 13.2 Å². The fourth-order valence-corrected chi connectivity index (χ4v) is 3.89. The molecule has 1 aliphatic heterocycles. The molecular formula is C14H17N3O3S. The van der Waals surface area contributed by atoms with Gasteiger partial charge in [0.1, 0.15) is 0 Å². The first-order valence-corrected chi connectivity index (χ1v) is 8.16. The summed E-state index contributed by atoms with van der Waals surface area (Å²) in [7, 11) is -3.54. The van der Waals surface area contributed by atoms with E-state index in [1.54, 1.807) is 0 Å². The maximum Gasteiger partial charge on any atom is 0.248 e. The summed E-state index contributed by atoms with van der Waals surface area (Å²) in [6.45, 7) is 0.846. The molecule has 112 valence electrons. The average Bonchev–Trinajstić information content (AvgIpc) is 2.48. The number of hydrogen-bond acceptors (Lipinski definition) is 4. The number of nitrogens with zero attached hydrogens (tertiary/aromatic N) is 2. The van der Waals surface area contributed by atoms with Gasteiger partial charge in [-0.15, -0.1) is 0 Å². The molecule has 0 aromatic heterocycles. The van der Waals surface area contributed by atoms with Gasteiger partial charge in [-0.3, -0.25) is 4.79 Å². The molecule has 2 N–H and O–H groups in total. The van der Waals surface area contributed by atoms with Crippen LogP contribution >= 0.6 is 0 Å². The third-order valence-electron chi connectivity index (χ3n) is 3.73. The van der Waals surface area contributed by atoms with Crippen LogP contribution in [0.2, 0.25) is 0 Å². The van der Waals surface area contributed by atoms with E-state index in [2.05, 4.69) is 6.07 Å². The quantitative estimate of drug-likeness (QED) is 0.899. The molecule has 1 aromatic carbocycles. The highest BCUT2D eigenvalue weighted by atomic mass is 32.2. The molecule has 0 spiro atoms. The van der Waals surface area contributed by atoms with Crippen LogP contribution in [0, 0.1) is 17.2 Å². The zero-order valence-corrected chi connectivity index (χ0v) is 12.3. The Morgan fingerprint density at radius 1 is 1.29 bits per heavy atom. The lowest BCUT2D eigenvalue weighted by Crippen LogP contribution is -2.38. The van der Waals surface area contributed by atoms with E-state index in [1.165, 1.54) is 28.6 Å². The minimum Gasteiger partial charge on any atom is -0.366 e. The summed E-state index contributed by atoms with van der Waals surface area (Å²) < 4.78 is 26.4. The lowest BCUT2D eigenvalue weighted by Gasteiger charge is -2.30. The molecule has 0 radical (unpaired) electrons. The second-order valence-electron chi connectivity index (χ2n) is 5.10. The first-order valence-electron chi connectivity index (χ1n) is 6.72. The van der Waals surface area contributed by atoms with Crippen molar-refractivity contribution < 1.29 is 13.2 Å². The van der Waals surface area contributed by atoms with E-state index in [0.717, 1.165) is 0 Å². The highest BCUT2D eigenvalue weighted by Gasteiger charge is 2.29. The maximum absolute atomic E-state index is 12.5. The van der Waals surface area contributed by atoms with Crippen molar-refractivity contribution in [3.8, 4) is 6.07 Å². The van der Waals surface area contributed by atoms with Crippen molar-refractivity contribution in [3.63, 3.8) is 0 Å². The van der Waals surface area contributed by atoms with Gasteiger partial charge in [0.25, 0.3) is 0 Å². The largest absolute Gasteiger partial charge is 0.366 e. The fourth-order valence-electron chi connectivity index (χ4n) is 2.42. The summed E-state index contributed by atoms with van der Waals surface area (Å²) >= 11 is 0. The third-order valence-corrected chi connectivity index (χ3v) is 5.64. The SMILES string of the molecule is N#CCC1CCN(S(=O)(=O)c2ccc(C(N)=O)cc2)CC1. The Hall–Kier alpha value is -1.91. The molecule has 1 aromatic rings. The zero-order valence-electron chi connectivity index (χ0n) is 11.5. The Morgan fingerprint density at radius 3 is 2.33 bits per heavy atom. The van der Waals surface area contributed by atoms with Gasteiger partial charge in [0, 0.05) is 25.1 Å². The van der Waals surface area contributed by atoms with E-state index in [4.69, 9.17) is 11.0 Å². The molecule has 1 fully saturated rings. The monoisotopic (exact) mass is 307 g/mol. The number of amides is 1. The number of nitriles is 1. The van der Waals surface area contributed by atoms with Crippen LogP contribution in [0.4, 0.5) is 0 Å². The van der Waals surface area contributed by atoms with E-state index >= 15 is 0 Å². The molecule has 0 bridgehead atoms. The normalized spacial score (nSPS) is 17.3. The molecule has 0 atom stereocenters. The predicted octanol–water partition coefficient (Wildman–Crippen LogP) is 1.10. The average molecular weight is 307 g/mol. The molecule has 0 saturated carbocycles. The van der Waals surface area contributed by atoms with Crippen molar-refractivity contribution in [1.82, 2.24) is 4.31 Å². The maximum atomic E-state index is 12.5. The van der Waals surface area contributed by atoms with Crippen LogP contribution in [-0.2, 0) is 10.0 Å². The zero-order chi connectivity index (χ0) is 15.5. The second kappa shape index (κ2) is 6.24. The molecule has 1 saturated heterocycles. The smallest absolute Gasteiger partial charge is 0.248 e. The Kier molecular flexibility index (Phi) is 4.60. The lowest BCUT2D eigenvalue weighted by atomic mass is 9.95. The van der Waals surface area contributed by atoms with Crippen molar-refractivity contribution in [2.75, 3.05) is 13.1 Å². The number of nitrogens with two attached hydrogens (primary N) is 1. The third kappa shape index (κ3) is 3.40. The van der Waals surface area contributed by atoms with Crippen LogP contribution in [0.15, 0.2) is 29.2 Å².